The molecule has 5 nitrogen and oxygen atoms in total. The summed E-state index contributed by atoms with van der Waals surface area (Å²) in [6, 6.07) is 16.3. The first-order chi connectivity index (χ1) is 15.0. The molecule has 1 aliphatic heterocycles. The highest BCUT2D eigenvalue weighted by atomic mass is 19.1. The molecule has 1 fully saturated rings. The molecule has 3 aromatic rings. The van der Waals surface area contributed by atoms with Gasteiger partial charge in [0.2, 0.25) is 5.91 Å². The minimum absolute atomic E-state index is 0.0397. The normalized spacial score (nSPS) is 17.3. The molecular weight excluding hydrogens is 391 g/mol. The van der Waals surface area contributed by atoms with Gasteiger partial charge in [0.05, 0.1) is 12.0 Å². The molecule has 2 heterocycles. The van der Waals surface area contributed by atoms with Crippen molar-refractivity contribution < 1.29 is 9.18 Å². The Bertz CT molecular complexity index is 1050. The summed E-state index contributed by atoms with van der Waals surface area (Å²) in [6.07, 6.45) is 3.45. The molecule has 0 saturated carbocycles. The fourth-order valence-electron chi connectivity index (χ4n) is 3.96. The minimum atomic E-state index is -0.316. The summed E-state index contributed by atoms with van der Waals surface area (Å²) in [5.41, 5.74) is 2.94. The monoisotopic (exact) mass is 418 g/mol. The third-order valence-corrected chi connectivity index (χ3v) is 5.78. The molecule has 0 bridgehead atoms. The number of aromatic nitrogens is 2. The largest absolute Gasteiger partial charge is 0.356 e. The number of hydrogen-bond donors (Lipinski definition) is 1. The molecule has 1 N–H and O–H groups in total. The Labute approximate surface area is 182 Å². The van der Waals surface area contributed by atoms with E-state index in [1.54, 1.807) is 18.3 Å². The topological polar surface area (TPSA) is 58.1 Å². The van der Waals surface area contributed by atoms with Crippen molar-refractivity contribution in [2.75, 3.05) is 18.0 Å². The lowest BCUT2D eigenvalue weighted by Crippen LogP contribution is -2.44. The van der Waals surface area contributed by atoms with Crippen LogP contribution < -0.4 is 10.2 Å². The van der Waals surface area contributed by atoms with Crippen LogP contribution in [0.15, 0.2) is 60.8 Å². The number of halogens is 1. The first-order valence-electron chi connectivity index (χ1n) is 10.7. The van der Waals surface area contributed by atoms with Gasteiger partial charge in [-0.25, -0.2) is 14.4 Å². The zero-order valence-electron chi connectivity index (χ0n) is 17.9. The second-order valence-electron chi connectivity index (χ2n) is 8.17. The third kappa shape index (κ3) is 5.08. The number of rotatable bonds is 5. The Morgan fingerprint density at radius 1 is 1.19 bits per heavy atom. The number of carbonyl (C=O) groups is 1. The Morgan fingerprint density at radius 3 is 2.77 bits per heavy atom. The summed E-state index contributed by atoms with van der Waals surface area (Å²) in [5.74, 6) is 0.894. The summed E-state index contributed by atoms with van der Waals surface area (Å²) in [4.78, 5) is 24.0. The minimum Gasteiger partial charge on any atom is -0.356 e. The average molecular weight is 419 g/mol. The molecule has 0 unspecified atom stereocenters. The Balaban J connectivity index is 1.44. The zero-order valence-corrected chi connectivity index (χ0v) is 17.9. The highest BCUT2D eigenvalue weighted by molar-refractivity contribution is 5.80. The molecule has 2 atom stereocenters. The smallest absolute Gasteiger partial charge is 0.225 e. The van der Waals surface area contributed by atoms with E-state index >= 15 is 0 Å². The number of benzene rings is 2. The van der Waals surface area contributed by atoms with Gasteiger partial charge in [-0.2, -0.15) is 0 Å². The van der Waals surface area contributed by atoms with Crippen molar-refractivity contribution >= 4 is 11.7 Å². The maximum atomic E-state index is 13.6. The summed E-state index contributed by atoms with van der Waals surface area (Å²) >= 11 is 0. The summed E-state index contributed by atoms with van der Waals surface area (Å²) in [7, 11) is 0. The van der Waals surface area contributed by atoms with Crippen molar-refractivity contribution in [2.45, 2.75) is 32.7 Å². The molecule has 1 aromatic heterocycles. The maximum Gasteiger partial charge on any atom is 0.225 e. The van der Waals surface area contributed by atoms with Gasteiger partial charge in [-0.05, 0) is 50.5 Å². The second-order valence-corrected chi connectivity index (χ2v) is 8.17. The average Bonchev–Trinajstić information content (AvgIpc) is 2.79. The molecule has 6 heteroatoms. The molecule has 160 valence electrons. The van der Waals surface area contributed by atoms with E-state index in [4.69, 9.17) is 0 Å². The van der Waals surface area contributed by atoms with Gasteiger partial charge in [0.15, 0.2) is 5.82 Å². The molecule has 1 saturated heterocycles. The standard InChI is InChI=1S/C25H27FN4O/c1-17-8-10-19(11-9-17)18(2)28-25(31)21-6-4-14-30(16-21)23-12-13-27-24(29-23)20-5-3-7-22(26)15-20/h3,5,7-13,15,18,21H,4,6,14,16H2,1-2H3,(H,28,31)/t18-,21-/m0/s1. The predicted octanol–water partition coefficient (Wildman–Crippen LogP) is 4.68. The lowest BCUT2D eigenvalue weighted by atomic mass is 9.96. The Hall–Kier alpha value is -3.28. The van der Waals surface area contributed by atoms with Crippen LogP contribution in [0.5, 0.6) is 0 Å². The molecule has 31 heavy (non-hydrogen) atoms. The fraction of sp³-hybridized carbons (Fsp3) is 0.320. The molecule has 0 spiro atoms. The van der Waals surface area contributed by atoms with E-state index in [1.807, 2.05) is 13.0 Å². The van der Waals surface area contributed by atoms with Gasteiger partial charge in [-0.1, -0.05) is 42.0 Å². The van der Waals surface area contributed by atoms with Crippen LogP contribution in [0.1, 0.15) is 36.9 Å². The van der Waals surface area contributed by atoms with Crippen molar-refractivity contribution in [3.05, 3.63) is 77.7 Å². The van der Waals surface area contributed by atoms with Crippen LogP contribution in [0.25, 0.3) is 11.4 Å². The number of nitrogens with one attached hydrogen (secondary N) is 1. The Kier molecular flexibility index (Phi) is 6.26. The molecular formula is C25H27FN4O. The van der Waals surface area contributed by atoms with E-state index in [0.29, 0.717) is 17.9 Å². The molecule has 1 aliphatic rings. The van der Waals surface area contributed by atoms with E-state index in [9.17, 15) is 9.18 Å². The molecule has 4 rings (SSSR count). The van der Waals surface area contributed by atoms with Gasteiger partial charge in [0.25, 0.3) is 0 Å². The van der Waals surface area contributed by atoms with Crippen molar-refractivity contribution in [3.63, 3.8) is 0 Å². The van der Waals surface area contributed by atoms with Gasteiger partial charge in [0, 0.05) is 24.8 Å². The summed E-state index contributed by atoms with van der Waals surface area (Å²) < 4.78 is 13.6. The number of nitrogens with zero attached hydrogens (tertiary/aromatic N) is 3. The van der Waals surface area contributed by atoms with Gasteiger partial charge < -0.3 is 10.2 Å². The molecule has 1 amide bonds. The van der Waals surface area contributed by atoms with Gasteiger partial charge in [-0.15, -0.1) is 0 Å². The maximum absolute atomic E-state index is 13.6. The van der Waals surface area contributed by atoms with Crippen LogP contribution in [0.4, 0.5) is 10.2 Å². The first-order valence-corrected chi connectivity index (χ1v) is 10.7. The predicted molar refractivity (Wildman–Crippen MR) is 120 cm³/mol. The van der Waals surface area contributed by atoms with Crippen LogP contribution in [0.3, 0.4) is 0 Å². The van der Waals surface area contributed by atoms with Crippen LogP contribution in [0, 0.1) is 18.7 Å². The van der Waals surface area contributed by atoms with E-state index in [1.165, 1.54) is 17.7 Å². The quantitative estimate of drug-likeness (QED) is 0.653. The zero-order chi connectivity index (χ0) is 21.8. The van der Waals surface area contributed by atoms with Crippen LogP contribution in [0.2, 0.25) is 0 Å². The lowest BCUT2D eigenvalue weighted by molar-refractivity contribution is -0.125. The first kappa shape index (κ1) is 21.0. The third-order valence-electron chi connectivity index (χ3n) is 5.78. The second kappa shape index (κ2) is 9.25. The number of amides is 1. The van der Waals surface area contributed by atoms with Crippen LogP contribution in [-0.4, -0.2) is 29.0 Å². The summed E-state index contributed by atoms with van der Waals surface area (Å²) in [6.45, 7) is 5.50. The number of aryl methyl sites for hydroxylation is 1. The highest BCUT2D eigenvalue weighted by Crippen LogP contribution is 2.25. The van der Waals surface area contributed by atoms with Crippen LogP contribution >= 0.6 is 0 Å². The lowest BCUT2D eigenvalue weighted by Gasteiger charge is -2.33. The van der Waals surface area contributed by atoms with E-state index < -0.39 is 0 Å². The summed E-state index contributed by atoms with van der Waals surface area (Å²) in [5, 5.41) is 3.16. The molecule has 0 aliphatic carbocycles. The van der Waals surface area contributed by atoms with E-state index in [2.05, 4.69) is 51.4 Å². The number of hydrogen-bond acceptors (Lipinski definition) is 4. The van der Waals surface area contributed by atoms with Crippen molar-refractivity contribution in [1.82, 2.24) is 15.3 Å². The molecule has 0 radical (unpaired) electrons. The number of carbonyl (C=O) groups excluding carboxylic acids is 1. The Morgan fingerprint density at radius 2 is 2.00 bits per heavy atom. The van der Waals surface area contributed by atoms with Gasteiger partial charge >= 0.3 is 0 Å². The van der Waals surface area contributed by atoms with E-state index in [0.717, 1.165) is 30.8 Å². The highest BCUT2D eigenvalue weighted by Gasteiger charge is 2.27. The molecule has 2 aromatic carbocycles. The fourth-order valence-corrected chi connectivity index (χ4v) is 3.96. The number of anilines is 1. The number of piperidine rings is 1. The van der Waals surface area contributed by atoms with E-state index in [-0.39, 0.29) is 23.7 Å². The van der Waals surface area contributed by atoms with Crippen molar-refractivity contribution in [1.29, 1.82) is 0 Å². The van der Waals surface area contributed by atoms with Crippen molar-refractivity contribution in [3.8, 4) is 11.4 Å². The van der Waals surface area contributed by atoms with Gasteiger partial charge in [-0.3, -0.25) is 4.79 Å². The van der Waals surface area contributed by atoms with Gasteiger partial charge in [0.1, 0.15) is 11.6 Å². The van der Waals surface area contributed by atoms with Crippen molar-refractivity contribution in [2.24, 2.45) is 5.92 Å². The van der Waals surface area contributed by atoms with Crippen LogP contribution in [-0.2, 0) is 4.79 Å². The SMILES string of the molecule is Cc1ccc([C@H](C)NC(=O)[C@H]2CCCN(c3ccnc(-c4cccc(F)c4)n3)C2)cc1.